The Morgan fingerprint density at radius 1 is 1.50 bits per heavy atom. The molecule has 94 valence electrons. The highest BCUT2D eigenvalue weighted by atomic mass is 19.1. The van der Waals surface area contributed by atoms with E-state index in [9.17, 15) is 14.3 Å². The van der Waals surface area contributed by atoms with Crippen molar-refractivity contribution in [1.29, 1.82) is 0 Å². The molecule has 0 radical (unpaired) electrons. The van der Waals surface area contributed by atoms with Gasteiger partial charge in [0.1, 0.15) is 11.8 Å². The van der Waals surface area contributed by atoms with Crippen LogP contribution >= 0.6 is 0 Å². The molecule has 0 aromatic carbocycles. The number of rotatable bonds is 4. The maximum Gasteiger partial charge on any atom is 0.253 e. The predicted octanol–water partition coefficient (Wildman–Crippen LogP) is 1.28. The van der Waals surface area contributed by atoms with E-state index in [4.69, 9.17) is 4.42 Å². The van der Waals surface area contributed by atoms with Gasteiger partial charge in [0.25, 0.3) is 5.91 Å². The summed E-state index contributed by atoms with van der Waals surface area (Å²) in [5.41, 5.74) is 0.210. The largest absolute Gasteiger partial charge is 0.467 e. The highest BCUT2D eigenvalue weighted by Crippen LogP contribution is 2.13. The lowest BCUT2D eigenvalue weighted by atomic mass is 10.2. The zero-order valence-electron chi connectivity index (χ0n) is 9.34. The molecule has 0 bridgehead atoms. The van der Waals surface area contributed by atoms with E-state index < -0.39 is 17.9 Å². The quantitative estimate of drug-likeness (QED) is 0.801. The Bertz CT molecular complexity index is 511. The molecule has 2 aromatic rings. The van der Waals surface area contributed by atoms with Crippen LogP contribution in [0.2, 0.25) is 0 Å². The third-order valence-electron chi connectivity index (χ3n) is 2.36. The summed E-state index contributed by atoms with van der Waals surface area (Å²) >= 11 is 0. The number of carbonyl (C=O) groups excluding carboxylic acids is 1. The first-order chi connectivity index (χ1) is 8.70. The van der Waals surface area contributed by atoms with Crippen molar-refractivity contribution in [2.75, 3.05) is 6.61 Å². The number of pyridine rings is 1. The summed E-state index contributed by atoms with van der Waals surface area (Å²) in [7, 11) is 0. The maximum absolute atomic E-state index is 12.6. The highest BCUT2D eigenvalue weighted by molar-refractivity contribution is 5.94. The number of halogens is 1. The van der Waals surface area contributed by atoms with Crippen LogP contribution in [-0.2, 0) is 0 Å². The van der Waals surface area contributed by atoms with Gasteiger partial charge in [0.15, 0.2) is 0 Å². The fourth-order valence-corrected chi connectivity index (χ4v) is 1.45. The van der Waals surface area contributed by atoms with E-state index in [0.717, 1.165) is 12.3 Å². The average Bonchev–Trinajstić information content (AvgIpc) is 2.90. The van der Waals surface area contributed by atoms with E-state index >= 15 is 0 Å². The number of aliphatic hydroxyl groups is 1. The Morgan fingerprint density at radius 2 is 2.33 bits per heavy atom. The van der Waals surface area contributed by atoms with Crippen LogP contribution in [0.3, 0.4) is 0 Å². The normalized spacial score (nSPS) is 12.1. The van der Waals surface area contributed by atoms with Crippen molar-refractivity contribution >= 4 is 5.91 Å². The highest BCUT2D eigenvalue weighted by Gasteiger charge is 2.17. The molecule has 0 aliphatic rings. The van der Waals surface area contributed by atoms with Crippen LogP contribution in [0, 0.1) is 5.95 Å². The fraction of sp³-hybridized carbons (Fsp3) is 0.167. The second-order valence-electron chi connectivity index (χ2n) is 3.59. The molecule has 6 heteroatoms. The SMILES string of the molecule is O=C(NC(CO)c1ccco1)c1ccc(F)nc1. The summed E-state index contributed by atoms with van der Waals surface area (Å²) in [4.78, 5) is 15.2. The van der Waals surface area contributed by atoms with Gasteiger partial charge in [-0.2, -0.15) is 4.39 Å². The minimum Gasteiger partial charge on any atom is -0.467 e. The minimum atomic E-state index is -0.656. The van der Waals surface area contributed by atoms with Gasteiger partial charge in [-0.3, -0.25) is 4.79 Å². The Hall–Kier alpha value is -2.21. The summed E-state index contributed by atoms with van der Waals surface area (Å²) in [6.07, 6.45) is 2.57. The molecule has 5 nitrogen and oxygen atoms in total. The second kappa shape index (κ2) is 5.42. The molecule has 2 heterocycles. The number of hydrogen-bond acceptors (Lipinski definition) is 4. The molecule has 18 heavy (non-hydrogen) atoms. The second-order valence-corrected chi connectivity index (χ2v) is 3.59. The Kier molecular flexibility index (Phi) is 3.69. The maximum atomic E-state index is 12.6. The number of furan rings is 1. The first kappa shape index (κ1) is 12.3. The van der Waals surface area contributed by atoms with Gasteiger partial charge in [-0.15, -0.1) is 0 Å². The lowest BCUT2D eigenvalue weighted by molar-refractivity contribution is 0.0907. The van der Waals surface area contributed by atoms with Crippen molar-refractivity contribution < 1.29 is 18.7 Å². The molecule has 0 fully saturated rings. The van der Waals surface area contributed by atoms with Crippen LogP contribution in [0.1, 0.15) is 22.2 Å². The summed E-state index contributed by atoms with van der Waals surface area (Å²) in [6.45, 7) is -0.298. The van der Waals surface area contributed by atoms with Crippen molar-refractivity contribution in [3.63, 3.8) is 0 Å². The van der Waals surface area contributed by atoms with Gasteiger partial charge < -0.3 is 14.8 Å². The van der Waals surface area contributed by atoms with Crippen LogP contribution in [-0.4, -0.2) is 22.6 Å². The molecule has 0 saturated heterocycles. The number of amides is 1. The summed E-state index contributed by atoms with van der Waals surface area (Å²) in [5.74, 6) is -0.671. The number of carbonyl (C=O) groups is 1. The van der Waals surface area contributed by atoms with Gasteiger partial charge in [0.2, 0.25) is 5.95 Å². The van der Waals surface area contributed by atoms with Crippen molar-refractivity contribution in [2.45, 2.75) is 6.04 Å². The standard InChI is InChI=1S/C12H11FN2O3/c13-11-4-3-8(6-14-11)12(17)15-9(7-16)10-2-1-5-18-10/h1-6,9,16H,7H2,(H,15,17). The summed E-state index contributed by atoms with van der Waals surface area (Å²) in [5, 5.41) is 11.7. The van der Waals surface area contributed by atoms with Crippen LogP contribution in [0.15, 0.2) is 41.1 Å². The molecule has 2 N–H and O–H groups in total. The fourth-order valence-electron chi connectivity index (χ4n) is 1.45. The lowest BCUT2D eigenvalue weighted by Crippen LogP contribution is -2.30. The molecular weight excluding hydrogens is 239 g/mol. The van der Waals surface area contributed by atoms with Gasteiger partial charge in [0, 0.05) is 6.20 Å². The van der Waals surface area contributed by atoms with Crippen LogP contribution in [0.4, 0.5) is 4.39 Å². The third-order valence-corrected chi connectivity index (χ3v) is 2.36. The number of nitrogens with zero attached hydrogens (tertiary/aromatic N) is 1. The molecule has 2 rings (SSSR count). The summed E-state index contributed by atoms with van der Waals surface area (Å²) < 4.78 is 17.7. The first-order valence-electron chi connectivity index (χ1n) is 5.27. The molecule has 1 amide bonds. The number of nitrogens with one attached hydrogen (secondary N) is 1. The van der Waals surface area contributed by atoms with E-state index in [1.165, 1.54) is 12.3 Å². The van der Waals surface area contributed by atoms with E-state index in [1.54, 1.807) is 12.1 Å². The van der Waals surface area contributed by atoms with Crippen LogP contribution < -0.4 is 5.32 Å². The van der Waals surface area contributed by atoms with E-state index in [0.29, 0.717) is 5.76 Å². The van der Waals surface area contributed by atoms with Gasteiger partial charge in [-0.05, 0) is 24.3 Å². The molecule has 1 unspecified atom stereocenters. The minimum absolute atomic E-state index is 0.210. The first-order valence-corrected chi connectivity index (χ1v) is 5.27. The van der Waals surface area contributed by atoms with Gasteiger partial charge >= 0.3 is 0 Å². The zero-order chi connectivity index (χ0) is 13.0. The zero-order valence-corrected chi connectivity index (χ0v) is 9.34. The lowest BCUT2D eigenvalue weighted by Gasteiger charge is -2.13. The van der Waals surface area contributed by atoms with E-state index in [2.05, 4.69) is 10.3 Å². The van der Waals surface area contributed by atoms with Crippen molar-refractivity contribution in [2.24, 2.45) is 0 Å². The third kappa shape index (κ3) is 2.72. The van der Waals surface area contributed by atoms with Gasteiger partial charge in [-0.1, -0.05) is 0 Å². The van der Waals surface area contributed by atoms with Crippen LogP contribution in [0.5, 0.6) is 0 Å². The molecule has 0 spiro atoms. The Labute approximate surface area is 102 Å². The summed E-state index contributed by atoms with van der Waals surface area (Å²) in [6, 6.07) is 5.06. The number of hydrogen-bond donors (Lipinski definition) is 2. The monoisotopic (exact) mass is 250 g/mol. The van der Waals surface area contributed by atoms with Gasteiger partial charge in [0.05, 0.1) is 18.4 Å². The molecule has 0 saturated carbocycles. The van der Waals surface area contributed by atoms with Gasteiger partial charge in [-0.25, -0.2) is 4.98 Å². The Morgan fingerprint density at radius 3 is 2.89 bits per heavy atom. The molecule has 0 aliphatic carbocycles. The molecular formula is C12H11FN2O3. The molecule has 1 atom stereocenters. The number of aromatic nitrogens is 1. The topological polar surface area (TPSA) is 75.4 Å². The van der Waals surface area contributed by atoms with E-state index in [-0.39, 0.29) is 12.2 Å². The molecule has 0 aliphatic heterocycles. The number of aliphatic hydroxyl groups excluding tert-OH is 1. The van der Waals surface area contributed by atoms with Crippen molar-refractivity contribution in [3.05, 3.63) is 54.0 Å². The Balaban J connectivity index is 2.08. The van der Waals surface area contributed by atoms with Crippen LogP contribution in [0.25, 0.3) is 0 Å². The smallest absolute Gasteiger partial charge is 0.253 e. The van der Waals surface area contributed by atoms with E-state index in [1.807, 2.05) is 0 Å². The van der Waals surface area contributed by atoms with Crippen molar-refractivity contribution in [3.8, 4) is 0 Å². The average molecular weight is 250 g/mol. The molecule has 2 aromatic heterocycles. The predicted molar refractivity (Wildman–Crippen MR) is 60.2 cm³/mol. The van der Waals surface area contributed by atoms with Crippen molar-refractivity contribution in [1.82, 2.24) is 10.3 Å².